The van der Waals surface area contributed by atoms with Gasteiger partial charge in [0.15, 0.2) is 5.01 Å². The zero-order valence-corrected chi connectivity index (χ0v) is 10.9. The van der Waals surface area contributed by atoms with E-state index in [1.807, 2.05) is 45.0 Å². The lowest BCUT2D eigenvalue weighted by Crippen LogP contribution is -2.11. The standard InChI is InChI=1S/C13H14N2OS/c1-8-4-6-11(7-5-8)15-12(16)13-14-9(2)10(3)17-13/h4-7H,1-3H3,(H,15,16). The summed E-state index contributed by atoms with van der Waals surface area (Å²) in [4.78, 5) is 17.2. The maximum absolute atomic E-state index is 11.9. The molecule has 0 aliphatic carbocycles. The Hall–Kier alpha value is -1.68. The third kappa shape index (κ3) is 2.71. The van der Waals surface area contributed by atoms with Crippen LogP contribution in [0.25, 0.3) is 0 Å². The highest BCUT2D eigenvalue weighted by molar-refractivity contribution is 7.13. The van der Waals surface area contributed by atoms with Crippen molar-refractivity contribution in [3.05, 3.63) is 45.4 Å². The highest BCUT2D eigenvalue weighted by atomic mass is 32.1. The quantitative estimate of drug-likeness (QED) is 0.883. The van der Waals surface area contributed by atoms with Crippen LogP contribution in [-0.2, 0) is 0 Å². The number of thiazole rings is 1. The van der Waals surface area contributed by atoms with E-state index < -0.39 is 0 Å². The SMILES string of the molecule is Cc1ccc(NC(=O)c2nc(C)c(C)s2)cc1. The molecule has 1 aromatic carbocycles. The molecule has 0 atom stereocenters. The Labute approximate surface area is 105 Å². The smallest absolute Gasteiger partial charge is 0.284 e. The number of nitrogens with zero attached hydrogens (tertiary/aromatic N) is 1. The molecular formula is C13H14N2OS. The molecule has 1 N–H and O–H groups in total. The van der Waals surface area contributed by atoms with Crippen molar-refractivity contribution in [2.75, 3.05) is 5.32 Å². The van der Waals surface area contributed by atoms with Gasteiger partial charge in [0.2, 0.25) is 0 Å². The Morgan fingerprint density at radius 1 is 1.18 bits per heavy atom. The Morgan fingerprint density at radius 3 is 2.35 bits per heavy atom. The van der Waals surface area contributed by atoms with Crippen LogP contribution in [0.2, 0.25) is 0 Å². The van der Waals surface area contributed by atoms with Crippen LogP contribution in [0.1, 0.15) is 25.9 Å². The minimum atomic E-state index is -0.143. The Kier molecular flexibility index (Phi) is 3.24. The number of anilines is 1. The average molecular weight is 246 g/mol. The van der Waals surface area contributed by atoms with Crippen LogP contribution in [0.3, 0.4) is 0 Å². The van der Waals surface area contributed by atoms with E-state index in [9.17, 15) is 4.79 Å². The van der Waals surface area contributed by atoms with Gasteiger partial charge < -0.3 is 5.32 Å². The molecule has 0 bridgehead atoms. The van der Waals surface area contributed by atoms with Crippen molar-refractivity contribution in [1.29, 1.82) is 0 Å². The van der Waals surface area contributed by atoms with E-state index in [-0.39, 0.29) is 5.91 Å². The van der Waals surface area contributed by atoms with Crippen LogP contribution in [0.15, 0.2) is 24.3 Å². The highest BCUT2D eigenvalue weighted by Crippen LogP contribution is 2.18. The van der Waals surface area contributed by atoms with Crippen molar-refractivity contribution >= 4 is 22.9 Å². The minimum absolute atomic E-state index is 0.143. The van der Waals surface area contributed by atoms with Gasteiger partial charge in [-0.25, -0.2) is 4.98 Å². The molecule has 2 aromatic rings. The van der Waals surface area contributed by atoms with Crippen LogP contribution >= 0.6 is 11.3 Å². The average Bonchev–Trinajstić information content (AvgIpc) is 2.63. The molecule has 0 radical (unpaired) electrons. The van der Waals surface area contributed by atoms with Crippen molar-refractivity contribution in [1.82, 2.24) is 4.98 Å². The minimum Gasteiger partial charge on any atom is -0.320 e. The predicted octanol–water partition coefficient (Wildman–Crippen LogP) is 3.32. The van der Waals surface area contributed by atoms with Gasteiger partial charge in [-0.1, -0.05) is 17.7 Å². The number of hydrogen-bond donors (Lipinski definition) is 1. The molecule has 4 heteroatoms. The number of rotatable bonds is 2. The summed E-state index contributed by atoms with van der Waals surface area (Å²) < 4.78 is 0. The number of carbonyl (C=O) groups excluding carboxylic acids is 1. The normalized spacial score (nSPS) is 10.3. The summed E-state index contributed by atoms with van der Waals surface area (Å²) in [7, 11) is 0. The number of amides is 1. The largest absolute Gasteiger partial charge is 0.320 e. The molecule has 1 amide bonds. The summed E-state index contributed by atoms with van der Waals surface area (Å²) in [6, 6.07) is 7.71. The van der Waals surface area contributed by atoms with Crippen molar-refractivity contribution in [3.63, 3.8) is 0 Å². The number of benzene rings is 1. The summed E-state index contributed by atoms with van der Waals surface area (Å²) in [5.74, 6) is -0.143. The second kappa shape index (κ2) is 4.67. The molecule has 0 saturated carbocycles. The van der Waals surface area contributed by atoms with Crippen LogP contribution in [0.4, 0.5) is 5.69 Å². The Balaban J connectivity index is 2.14. The van der Waals surface area contributed by atoms with Crippen molar-refractivity contribution in [2.24, 2.45) is 0 Å². The Morgan fingerprint density at radius 2 is 1.82 bits per heavy atom. The van der Waals surface area contributed by atoms with Crippen LogP contribution < -0.4 is 5.32 Å². The van der Waals surface area contributed by atoms with E-state index in [0.29, 0.717) is 5.01 Å². The first kappa shape index (κ1) is 11.8. The van der Waals surface area contributed by atoms with Gasteiger partial charge in [-0.15, -0.1) is 11.3 Å². The maximum atomic E-state index is 11.9. The molecule has 0 spiro atoms. The van der Waals surface area contributed by atoms with Crippen molar-refractivity contribution < 1.29 is 4.79 Å². The van der Waals surface area contributed by atoms with Crippen molar-refractivity contribution in [3.8, 4) is 0 Å². The highest BCUT2D eigenvalue weighted by Gasteiger charge is 2.12. The van der Waals surface area contributed by atoms with Gasteiger partial charge in [0.05, 0.1) is 5.69 Å². The Bertz CT molecular complexity index is 524. The van der Waals surface area contributed by atoms with Gasteiger partial charge in [0.25, 0.3) is 5.91 Å². The second-order valence-electron chi connectivity index (χ2n) is 3.98. The first-order chi connectivity index (χ1) is 8.06. The first-order valence-electron chi connectivity index (χ1n) is 5.38. The molecule has 17 heavy (non-hydrogen) atoms. The van der Waals surface area contributed by atoms with Gasteiger partial charge in [0, 0.05) is 10.6 Å². The second-order valence-corrected chi connectivity index (χ2v) is 5.18. The first-order valence-corrected chi connectivity index (χ1v) is 6.20. The monoisotopic (exact) mass is 246 g/mol. The van der Waals surface area contributed by atoms with E-state index in [0.717, 1.165) is 16.3 Å². The van der Waals surface area contributed by atoms with E-state index in [1.54, 1.807) is 0 Å². The zero-order valence-electron chi connectivity index (χ0n) is 10.1. The fourth-order valence-corrected chi connectivity index (χ4v) is 2.20. The molecule has 2 rings (SSSR count). The van der Waals surface area contributed by atoms with Crippen LogP contribution in [-0.4, -0.2) is 10.9 Å². The number of aryl methyl sites for hydroxylation is 3. The van der Waals surface area contributed by atoms with E-state index in [4.69, 9.17) is 0 Å². The molecule has 1 heterocycles. The summed E-state index contributed by atoms with van der Waals surface area (Å²) >= 11 is 1.42. The summed E-state index contributed by atoms with van der Waals surface area (Å²) in [5.41, 5.74) is 2.89. The van der Waals surface area contributed by atoms with Gasteiger partial charge in [-0.2, -0.15) is 0 Å². The summed E-state index contributed by atoms with van der Waals surface area (Å²) in [5, 5.41) is 3.35. The topological polar surface area (TPSA) is 42.0 Å². The summed E-state index contributed by atoms with van der Waals surface area (Å²) in [6.45, 7) is 5.89. The van der Waals surface area contributed by atoms with Crippen LogP contribution in [0, 0.1) is 20.8 Å². The third-order valence-electron chi connectivity index (χ3n) is 2.53. The lowest BCUT2D eigenvalue weighted by atomic mass is 10.2. The van der Waals surface area contributed by atoms with E-state index >= 15 is 0 Å². The lowest BCUT2D eigenvalue weighted by Gasteiger charge is -2.02. The van der Waals surface area contributed by atoms with Gasteiger partial charge in [-0.05, 0) is 32.9 Å². The molecule has 0 aliphatic rings. The van der Waals surface area contributed by atoms with Crippen molar-refractivity contribution in [2.45, 2.75) is 20.8 Å². The molecule has 3 nitrogen and oxygen atoms in total. The number of nitrogens with one attached hydrogen (secondary N) is 1. The van der Waals surface area contributed by atoms with Gasteiger partial charge in [-0.3, -0.25) is 4.79 Å². The fourth-order valence-electron chi connectivity index (χ4n) is 1.39. The third-order valence-corrected chi connectivity index (χ3v) is 3.60. The molecule has 1 aromatic heterocycles. The number of hydrogen-bond acceptors (Lipinski definition) is 3. The lowest BCUT2D eigenvalue weighted by molar-refractivity contribution is 0.102. The van der Waals surface area contributed by atoms with E-state index in [1.165, 1.54) is 16.9 Å². The predicted molar refractivity (Wildman–Crippen MR) is 70.7 cm³/mol. The fraction of sp³-hybridized carbons (Fsp3) is 0.231. The number of aromatic nitrogens is 1. The molecule has 0 unspecified atom stereocenters. The molecule has 0 saturated heterocycles. The molecule has 88 valence electrons. The van der Waals surface area contributed by atoms with E-state index in [2.05, 4.69) is 10.3 Å². The molecule has 0 aliphatic heterocycles. The summed E-state index contributed by atoms with van der Waals surface area (Å²) in [6.07, 6.45) is 0. The number of carbonyl (C=O) groups is 1. The van der Waals surface area contributed by atoms with Crippen LogP contribution in [0.5, 0.6) is 0 Å². The van der Waals surface area contributed by atoms with Gasteiger partial charge >= 0.3 is 0 Å². The molecule has 0 fully saturated rings. The molecular weight excluding hydrogens is 232 g/mol. The van der Waals surface area contributed by atoms with Gasteiger partial charge in [0.1, 0.15) is 0 Å². The maximum Gasteiger partial charge on any atom is 0.284 e. The zero-order chi connectivity index (χ0) is 12.4.